The third-order valence-corrected chi connectivity index (χ3v) is 4.49. The van der Waals surface area contributed by atoms with E-state index in [4.69, 9.17) is 4.74 Å². The summed E-state index contributed by atoms with van der Waals surface area (Å²) in [5.74, 6) is 0.166. The molecule has 0 spiro atoms. The zero-order valence-corrected chi connectivity index (χ0v) is 16.6. The van der Waals surface area contributed by atoms with Crippen molar-refractivity contribution in [3.05, 3.63) is 61.6 Å². The van der Waals surface area contributed by atoms with E-state index in [1.165, 1.54) is 6.08 Å². The van der Waals surface area contributed by atoms with Gasteiger partial charge in [-0.2, -0.15) is 5.26 Å². The van der Waals surface area contributed by atoms with E-state index in [0.29, 0.717) is 23.6 Å². The average molecular weight is 497 g/mol. The standard InChI is InChI=1S/C18H14BrIN2O2/c1-2-24-17-8-7-14(19)10-12(17)9-13(11-21)18(23)22-16-6-4-3-5-15(16)20/h3-10H,2H2,1H3,(H,22,23). The normalized spacial score (nSPS) is 10.8. The number of para-hydroxylation sites is 1. The van der Waals surface area contributed by atoms with E-state index < -0.39 is 5.91 Å². The molecule has 0 saturated carbocycles. The average Bonchev–Trinajstić information content (AvgIpc) is 2.57. The van der Waals surface area contributed by atoms with Crippen LogP contribution in [0.1, 0.15) is 12.5 Å². The Labute approximate surface area is 162 Å². The molecule has 0 fully saturated rings. The molecule has 0 saturated heterocycles. The minimum Gasteiger partial charge on any atom is -0.493 e. The summed E-state index contributed by atoms with van der Waals surface area (Å²) < 4.78 is 7.29. The van der Waals surface area contributed by atoms with Crippen molar-refractivity contribution in [1.82, 2.24) is 0 Å². The van der Waals surface area contributed by atoms with E-state index in [9.17, 15) is 10.1 Å². The molecule has 1 N–H and O–H groups in total. The Morgan fingerprint density at radius 1 is 1.38 bits per heavy atom. The number of nitrogens with zero attached hydrogens (tertiary/aromatic N) is 1. The number of benzene rings is 2. The molecule has 0 aliphatic heterocycles. The van der Waals surface area contributed by atoms with Crippen molar-refractivity contribution in [2.45, 2.75) is 6.92 Å². The Morgan fingerprint density at radius 3 is 2.79 bits per heavy atom. The van der Waals surface area contributed by atoms with E-state index in [1.807, 2.05) is 43.3 Å². The van der Waals surface area contributed by atoms with Gasteiger partial charge in [-0.15, -0.1) is 0 Å². The lowest BCUT2D eigenvalue weighted by Crippen LogP contribution is -2.14. The van der Waals surface area contributed by atoms with Crippen LogP contribution in [-0.2, 0) is 4.79 Å². The lowest BCUT2D eigenvalue weighted by molar-refractivity contribution is -0.112. The van der Waals surface area contributed by atoms with Crippen LogP contribution in [0, 0.1) is 14.9 Å². The van der Waals surface area contributed by atoms with Gasteiger partial charge in [-0.05, 0) is 65.9 Å². The van der Waals surface area contributed by atoms with Crippen molar-refractivity contribution >= 4 is 56.2 Å². The Kier molecular flexibility index (Phi) is 6.82. The molecule has 2 aromatic rings. The highest BCUT2D eigenvalue weighted by molar-refractivity contribution is 14.1. The number of ether oxygens (including phenoxy) is 1. The summed E-state index contributed by atoms with van der Waals surface area (Å²) in [6.45, 7) is 2.38. The third kappa shape index (κ3) is 4.82. The molecule has 24 heavy (non-hydrogen) atoms. The molecule has 0 aromatic heterocycles. The topological polar surface area (TPSA) is 62.1 Å². The largest absolute Gasteiger partial charge is 0.493 e. The number of rotatable bonds is 5. The van der Waals surface area contributed by atoms with Crippen LogP contribution < -0.4 is 10.1 Å². The van der Waals surface area contributed by atoms with E-state index in [0.717, 1.165) is 8.04 Å². The second kappa shape index (κ2) is 8.85. The fourth-order valence-corrected chi connectivity index (χ4v) is 2.88. The van der Waals surface area contributed by atoms with E-state index in [1.54, 1.807) is 12.1 Å². The van der Waals surface area contributed by atoms with Crippen molar-refractivity contribution < 1.29 is 9.53 Å². The zero-order chi connectivity index (χ0) is 17.5. The summed E-state index contributed by atoms with van der Waals surface area (Å²) in [5, 5.41) is 12.1. The van der Waals surface area contributed by atoms with Gasteiger partial charge in [-0.3, -0.25) is 4.79 Å². The number of anilines is 1. The van der Waals surface area contributed by atoms with Crippen LogP contribution in [0.5, 0.6) is 5.75 Å². The van der Waals surface area contributed by atoms with Gasteiger partial charge >= 0.3 is 0 Å². The fourth-order valence-electron chi connectivity index (χ4n) is 1.98. The summed E-state index contributed by atoms with van der Waals surface area (Å²) in [4.78, 5) is 12.4. The first-order valence-electron chi connectivity index (χ1n) is 7.15. The van der Waals surface area contributed by atoms with Crippen LogP contribution in [0.3, 0.4) is 0 Å². The van der Waals surface area contributed by atoms with Crippen molar-refractivity contribution in [3.8, 4) is 11.8 Å². The summed E-state index contributed by atoms with van der Waals surface area (Å²) in [7, 11) is 0. The van der Waals surface area contributed by atoms with E-state index >= 15 is 0 Å². The highest BCUT2D eigenvalue weighted by atomic mass is 127. The lowest BCUT2D eigenvalue weighted by atomic mass is 10.1. The van der Waals surface area contributed by atoms with Gasteiger partial charge in [0.2, 0.25) is 0 Å². The zero-order valence-electron chi connectivity index (χ0n) is 12.8. The second-order valence-corrected chi connectivity index (χ2v) is 6.80. The molecule has 0 heterocycles. The van der Waals surface area contributed by atoms with Gasteiger partial charge in [0.05, 0.1) is 12.3 Å². The van der Waals surface area contributed by atoms with Crippen LogP contribution in [0.15, 0.2) is 52.5 Å². The number of halogens is 2. The number of carbonyl (C=O) groups excluding carboxylic acids is 1. The van der Waals surface area contributed by atoms with Crippen molar-refractivity contribution in [1.29, 1.82) is 5.26 Å². The molecule has 0 aliphatic rings. The Morgan fingerprint density at radius 2 is 2.12 bits per heavy atom. The Hall–Kier alpha value is -1.85. The van der Waals surface area contributed by atoms with Crippen molar-refractivity contribution in [2.24, 2.45) is 0 Å². The van der Waals surface area contributed by atoms with E-state index in [-0.39, 0.29) is 5.57 Å². The molecule has 1 amide bonds. The predicted molar refractivity (Wildman–Crippen MR) is 107 cm³/mol. The maximum absolute atomic E-state index is 12.4. The van der Waals surface area contributed by atoms with Gasteiger partial charge in [0.25, 0.3) is 5.91 Å². The van der Waals surface area contributed by atoms with Gasteiger partial charge in [0.15, 0.2) is 0 Å². The molecule has 6 heteroatoms. The van der Waals surface area contributed by atoms with Gasteiger partial charge in [0.1, 0.15) is 17.4 Å². The van der Waals surface area contributed by atoms with Crippen molar-refractivity contribution in [2.75, 3.05) is 11.9 Å². The number of amides is 1. The Balaban J connectivity index is 2.33. The van der Waals surface area contributed by atoms with Crippen LogP contribution >= 0.6 is 38.5 Å². The maximum Gasteiger partial charge on any atom is 0.266 e. The molecule has 4 nitrogen and oxygen atoms in total. The third-order valence-electron chi connectivity index (χ3n) is 3.06. The van der Waals surface area contributed by atoms with Gasteiger partial charge in [-0.1, -0.05) is 28.1 Å². The van der Waals surface area contributed by atoms with Gasteiger partial charge in [0, 0.05) is 13.6 Å². The second-order valence-electron chi connectivity index (χ2n) is 4.72. The van der Waals surface area contributed by atoms with Crippen LogP contribution in [0.25, 0.3) is 6.08 Å². The number of nitriles is 1. The number of carbonyl (C=O) groups is 1. The summed E-state index contributed by atoms with van der Waals surface area (Å²) >= 11 is 5.52. The van der Waals surface area contributed by atoms with Crippen LogP contribution in [-0.4, -0.2) is 12.5 Å². The highest BCUT2D eigenvalue weighted by Gasteiger charge is 2.13. The summed E-state index contributed by atoms with van der Waals surface area (Å²) in [6, 6.07) is 14.8. The van der Waals surface area contributed by atoms with Crippen molar-refractivity contribution in [3.63, 3.8) is 0 Å². The monoisotopic (exact) mass is 496 g/mol. The molecule has 0 aliphatic carbocycles. The first-order valence-corrected chi connectivity index (χ1v) is 9.02. The quantitative estimate of drug-likeness (QED) is 0.360. The lowest BCUT2D eigenvalue weighted by Gasteiger charge is -2.09. The van der Waals surface area contributed by atoms with Gasteiger partial charge < -0.3 is 10.1 Å². The molecule has 2 rings (SSSR count). The molecule has 122 valence electrons. The first kappa shape index (κ1) is 18.5. The molecule has 2 aromatic carbocycles. The summed E-state index contributed by atoms with van der Waals surface area (Å²) in [6.07, 6.45) is 1.53. The highest BCUT2D eigenvalue weighted by Crippen LogP contribution is 2.26. The molecule has 0 radical (unpaired) electrons. The minimum absolute atomic E-state index is 0.00806. The first-order chi connectivity index (χ1) is 11.5. The predicted octanol–water partition coefficient (Wildman–Crippen LogP) is 5.00. The Bertz CT molecular complexity index is 828. The van der Waals surface area contributed by atoms with Crippen LogP contribution in [0.4, 0.5) is 5.69 Å². The molecular weight excluding hydrogens is 483 g/mol. The minimum atomic E-state index is -0.455. The molecular formula is C18H14BrIN2O2. The molecule has 0 bridgehead atoms. The number of nitrogens with one attached hydrogen (secondary N) is 1. The van der Waals surface area contributed by atoms with Crippen LogP contribution in [0.2, 0.25) is 0 Å². The SMILES string of the molecule is CCOc1ccc(Br)cc1C=C(C#N)C(=O)Nc1ccccc1I. The fraction of sp³-hybridized carbons (Fsp3) is 0.111. The van der Waals surface area contributed by atoms with E-state index in [2.05, 4.69) is 43.8 Å². The smallest absolute Gasteiger partial charge is 0.266 e. The molecule has 0 atom stereocenters. The number of hydrogen-bond donors (Lipinski definition) is 1. The number of hydrogen-bond acceptors (Lipinski definition) is 3. The van der Waals surface area contributed by atoms with Gasteiger partial charge in [-0.25, -0.2) is 0 Å². The molecule has 0 unspecified atom stereocenters. The summed E-state index contributed by atoms with van der Waals surface area (Å²) in [5.41, 5.74) is 1.35. The maximum atomic E-state index is 12.4.